The van der Waals surface area contributed by atoms with Crippen LogP contribution in [0.1, 0.15) is 43.9 Å². The van der Waals surface area contributed by atoms with Gasteiger partial charge in [-0.25, -0.2) is 0 Å². The lowest BCUT2D eigenvalue weighted by molar-refractivity contribution is 0.0639. The predicted octanol–water partition coefficient (Wildman–Crippen LogP) is 1.29. The van der Waals surface area contributed by atoms with Gasteiger partial charge >= 0.3 is 0 Å². The van der Waals surface area contributed by atoms with E-state index in [4.69, 9.17) is 0 Å². The van der Waals surface area contributed by atoms with Crippen molar-refractivity contribution in [3.05, 3.63) is 17.5 Å². The van der Waals surface area contributed by atoms with Crippen LogP contribution in [0.2, 0.25) is 0 Å². The summed E-state index contributed by atoms with van der Waals surface area (Å²) in [5, 5.41) is 7.88. The summed E-state index contributed by atoms with van der Waals surface area (Å²) in [4.78, 5) is 14.6. The van der Waals surface area contributed by atoms with Crippen molar-refractivity contribution in [1.82, 2.24) is 20.0 Å². The number of carbonyl (C=O) groups is 1. The highest BCUT2D eigenvalue weighted by Crippen LogP contribution is 2.15. The Hall–Kier alpha value is -1.36. The average molecular weight is 264 g/mol. The lowest BCUT2D eigenvalue weighted by Gasteiger charge is -2.39. The smallest absolute Gasteiger partial charge is 0.272 e. The topological polar surface area (TPSA) is 50.2 Å². The normalized spacial score (nSPS) is 18.6. The van der Waals surface area contributed by atoms with Crippen molar-refractivity contribution in [3.8, 4) is 0 Å². The van der Waals surface area contributed by atoms with Gasteiger partial charge in [0.1, 0.15) is 5.69 Å². The zero-order chi connectivity index (χ0) is 14.0. The van der Waals surface area contributed by atoms with Gasteiger partial charge in [0.05, 0.1) is 5.69 Å². The van der Waals surface area contributed by atoms with Crippen molar-refractivity contribution in [2.75, 3.05) is 19.6 Å². The number of amides is 1. The van der Waals surface area contributed by atoms with Crippen molar-refractivity contribution in [2.24, 2.45) is 0 Å². The first-order valence-electron chi connectivity index (χ1n) is 7.08. The molecule has 1 fully saturated rings. The molecule has 2 rings (SSSR count). The summed E-state index contributed by atoms with van der Waals surface area (Å²) >= 11 is 0. The van der Waals surface area contributed by atoms with E-state index in [1.54, 1.807) is 0 Å². The van der Waals surface area contributed by atoms with Crippen molar-refractivity contribution in [3.63, 3.8) is 0 Å². The summed E-state index contributed by atoms with van der Waals surface area (Å²) in [6.07, 6.45) is 0.861. The molecule has 0 aliphatic carbocycles. The predicted molar refractivity (Wildman–Crippen MR) is 75.3 cm³/mol. The number of aryl methyl sites for hydroxylation is 2. The summed E-state index contributed by atoms with van der Waals surface area (Å²) in [7, 11) is 0. The van der Waals surface area contributed by atoms with Crippen LogP contribution in [0.3, 0.4) is 0 Å². The molecule has 19 heavy (non-hydrogen) atoms. The van der Waals surface area contributed by atoms with Gasteiger partial charge in [0, 0.05) is 31.7 Å². The molecular formula is C14H24N4O. The Bertz CT molecular complexity index is 464. The Morgan fingerprint density at radius 3 is 2.79 bits per heavy atom. The molecule has 0 bridgehead atoms. The minimum atomic E-state index is -0.0153. The first-order chi connectivity index (χ1) is 8.96. The first-order valence-corrected chi connectivity index (χ1v) is 7.08. The Labute approximate surface area is 115 Å². The van der Waals surface area contributed by atoms with E-state index >= 15 is 0 Å². The molecule has 5 nitrogen and oxygen atoms in total. The number of aromatic nitrogens is 2. The Balaban J connectivity index is 2.21. The van der Waals surface area contributed by atoms with Gasteiger partial charge in [-0.1, -0.05) is 6.92 Å². The van der Waals surface area contributed by atoms with Gasteiger partial charge in [0.2, 0.25) is 0 Å². The SMILES string of the molecule is CCc1cc(C(=O)N2CCNC(C)(C)C2)n(CC)n1. The fraction of sp³-hybridized carbons (Fsp3) is 0.714. The van der Waals surface area contributed by atoms with E-state index in [9.17, 15) is 4.79 Å². The van der Waals surface area contributed by atoms with Crippen LogP contribution in [0.15, 0.2) is 6.07 Å². The highest BCUT2D eigenvalue weighted by atomic mass is 16.2. The molecule has 0 radical (unpaired) electrons. The van der Waals surface area contributed by atoms with Gasteiger partial charge in [0.15, 0.2) is 0 Å². The average Bonchev–Trinajstić information content (AvgIpc) is 2.80. The second kappa shape index (κ2) is 5.33. The highest BCUT2D eigenvalue weighted by molar-refractivity contribution is 5.92. The molecule has 0 unspecified atom stereocenters. The fourth-order valence-electron chi connectivity index (χ4n) is 2.53. The van der Waals surface area contributed by atoms with Crippen molar-refractivity contribution in [2.45, 2.75) is 46.2 Å². The summed E-state index contributed by atoms with van der Waals surface area (Å²) < 4.78 is 1.82. The van der Waals surface area contributed by atoms with Crippen molar-refractivity contribution < 1.29 is 4.79 Å². The lowest BCUT2D eigenvalue weighted by Crippen LogP contribution is -2.58. The molecule has 1 aromatic rings. The minimum Gasteiger partial charge on any atom is -0.334 e. The molecular weight excluding hydrogens is 240 g/mol. The first kappa shape index (κ1) is 14.1. The zero-order valence-corrected chi connectivity index (χ0v) is 12.4. The molecule has 1 aliphatic heterocycles. The maximum absolute atomic E-state index is 12.6. The van der Waals surface area contributed by atoms with E-state index in [1.807, 2.05) is 22.6 Å². The van der Waals surface area contributed by atoms with E-state index in [-0.39, 0.29) is 11.4 Å². The lowest BCUT2D eigenvalue weighted by atomic mass is 10.0. The minimum absolute atomic E-state index is 0.0153. The second-order valence-electron chi connectivity index (χ2n) is 5.73. The molecule has 0 spiro atoms. The van der Waals surface area contributed by atoms with E-state index in [0.717, 1.165) is 44.0 Å². The van der Waals surface area contributed by atoms with Crippen molar-refractivity contribution >= 4 is 5.91 Å². The van der Waals surface area contributed by atoms with Crippen molar-refractivity contribution in [1.29, 1.82) is 0 Å². The number of hydrogen-bond acceptors (Lipinski definition) is 3. The number of rotatable bonds is 3. The van der Waals surface area contributed by atoms with E-state index in [1.165, 1.54) is 0 Å². The van der Waals surface area contributed by atoms with Gasteiger partial charge in [0.25, 0.3) is 5.91 Å². The fourth-order valence-corrected chi connectivity index (χ4v) is 2.53. The van der Waals surface area contributed by atoms with E-state index in [0.29, 0.717) is 0 Å². The van der Waals surface area contributed by atoms with Crippen LogP contribution in [0.25, 0.3) is 0 Å². The Kier molecular flexibility index (Phi) is 3.94. The summed E-state index contributed by atoms with van der Waals surface area (Å²) in [6.45, 7) is 11.4. The number of piperazine rings is 1. The van der Waals surface area contributed by atoms with Crippen LogP contribution in [0.5, 0.6) is 0 Å². The van der Waals surface area contributed by atoms with Gasteiger partial charge in [-0.3, -0.25) is 9.48 Å². The van der Waals surface area contributed by atoms with Gasteiger partial charge in [-0.15, -0.1) is 0 Å². The number of hydrogen-bond donors (Lipinski definition) is 1. The molecule has 1 amide bonds. The number of carbonyl (C=O) groups excluding carboxylic acids is 1. The summed E-state index contributed by atoms with van der Waals surface area (Å²) in [5.41, 5.74) is 1.69. The van der Waals surface area contributed by atoms with Gasteiger partial charge in [-0.2, -0.15) is 5.10 Å². The maximum atomic E-state index is 12.6. The van der Waals surface area contributed by atoms with Crippen LogP contribution < -0.4 is 5.32 Å². The van der Waals surface area contributed by atoms with Crippen LogP contribution in [0, 0.1) is 0 Å². The largest absolute Gasteiger partial charge is 0.334 e. The molecule has 1 aromatic heterocycles. The van der Waals surface area contributed by atoms with Crippen LogP contribution in [-0.2, 0) is 13.0 Å². The molecule has 1 aliphatic rings. The van der Waals surface area contributed by atoms with Crippen LogP contribution in [0.4, 0.5) is 0 Å². The molecule has 2 heterocycles. The van der Waals surface area contributed by atoms with Crippen LogP contribution >= 0.6 is 0 Å². The third-order valence-electron chi connectivity index (χ3n) is 3.57. The van der Waals surface area contributed by atoms with Crippen LogP contribution in [-0.4, -0.2) is 45.8 Å². The van der Waals surface area contributed by atoms with E-state index in [2.05, 4.69) is 31.2 Å². The molecule has 106 valence electrons. The van der Waals surface area contributed by atoms with Gasteiger partial charge < -0.3 is 10.2 Å². The van der Waals surface area contributed by atoms with Gasteiger partial charge in [-0.05, 0) is 33.3 Å². The highest BCUT2D eigenvalue weighted by Gasteiger charge is 2.30. The third kappa shape index (κ3) is 2.97. The third-order valence-corrected chi connectivity index (χ3v) is 3.57. The molecule has 0 aromatic carbocycles. The molecule has 5 heteroatoms. The maximum Gasteiger partial charge on any atom is 0.272 e. The monoisotopic (exact) mass is 264 g/mol. The molecule has 0 saturated carbocycles. The second-order valence-corrected chi connectivity index (χ2v) is 5.73. The molecule has 1 saturated heterocycles. The quantitative estimate of drug-likeness (QED) is 0.895. The number of nitrogens with zero attached hydrogens (tertiary/aromatic N) is 3. The zero-order valence-electron chi connectivity index (χ0n) is 12.4. The standard InChI is InChI=1S/C14H24N4O/c1-5-11-9-12(18(6-2)16-11)13(19)17-8-7-15-14(3,4)10-17/h9,15H,5-8,10H2,1-4H3. The summed E-state index contributed by atoms with van der Waals surface area (Å²) in [5.74, 6) is 0.101. The Morgan fingerprint density at radius 2 is 2.21 bits per heavy atom. The van der Waals surface area contributed by atoms with E-state index < -0.39 is 0 Å². The molecule has 1 N–H and O–H groups in total. The summed E-state index contributed by atoms with van der Waals surface area (Å²) in [6, 6.07) is 1.93. The molecule has 0 atom stereocenters. The Morgan fingerprint density at radius 1 is 1.47 bits per heavy atom. The number of nitrogens with one attached hydrogen (secondary N) is 1.